The number of esters is 1. The Morgan fingerprint density at radius 3 is 2.73 bits per heavy atom. The number of nitrogens with zero attached hydrogens (tertiary/aromatic N) is 2. The van der Waals surface area contributed by atoms with Crippen LogP contribution in [0.2, 0.25) is 0 Å². The summed E-state index contributed by atoms with van der Waals surface area (Å²) in [5.41, 5.74) is 0. The van der Waals surface area contributed by atoms with Crippen molar-refractivity contribution in [2.45, 2.75) is 38.1 Å². The molecular formula is C11H18N2O2. The molecule has 1 fully saturated rings. The highest BCUT2D eigenvalue weighted by Gasteiger charge is 2.24. The Kier molecular flexibility index (Phi) is 5.13. The van der Waals surface area contributed by atoms with Crippen LogP contribution in [0, 0.1) is 11.3 Å². The highest BCUT2D eigenvalue weighted by atomic mass is 16.5. The van der Waals surface area contributed by atoms with Crippen molar-refractivity contribution < 1.29 is 9.53 Å². The Morgan fingerprint density at radius 1 is 1.53 bits per heavy atom. The Morgan fingerprint density at radius 2 is 2.20 bits per heavy atom. The quantitative estimate of drug-likeness (QED) is 0.642. The van der Waals surface area contributed by atoms with Crippen molar-refractivity contribution in [1.29, 1.82) is 5.26 Å². The van der Waals surface area contributed by atoms with Crippen LogP contribution in [0.1, 0.15) is 32.1 Å². The van der Waals surface area contributed by atoms with Gasteiger partial charge in [0.15, 0.2) is 0 Å². The lowest BCUT2D eigenvalue weighted by atomic mass is 10.2. The largest absolute Gasteiger partial charge is 0.468 e. The van der Waals surface area contributed by atoms with E-state index < -0.39 is 0 Å². The predicted molar refractivity (Wildman–Crippen MR) is 56.1 cm³/mol. The van der Waals surface area contributed by atoms with Crippen molar-refractivity contribution in [3.8, 4) is 6.07 Å². The van der Waals surface area contributed by atoms with Crippen LogP contribution >= 0.6 is 0 Å². The van der Waals surface area contributed by atoms with Crippen molar-refractivity contribution in [1.82, 2.24) is 4.90 Å². The lowest BCUT2D eigenvalue weighted by molar-refractivity contribution is -0.142. The van der Waals surface area contributed by atoms with E-state index in [2.05, 4.69) is 15.7 Å². The van der Waals surface area contributed by atoms with Gasteiger partial charge < -0.3 is 4.74 Å². The third kappa shape index (κ3) is 3.88. The predicted octanol–water partition coefficient (Wildman–Crippen LogP) is 1.32. The summed E-state index contributed by atoms with van der Waals surface area (Å²) < 4.78 is 4.66. The summed E-state index contributed by atoms with van der Waals surface area (Å²) >= 11 is 0. The van der Waals surface area contributed by atoms with Gasteiger partial charge in [-0.3, -0.25) is 9.69 Å². The van der Waals surface area contributed by atoms with E-state index in [0.29, 0.717) is 25.6 Å². The Hall–Kier alpha value is -1.08. The van der Waals surface area contributed by atoms with Crippen LogP contribution in [-0.4, -0.2) is 37.1 Å². The number of ether oxygens (including phenoxy) is 1. The molecule has 0 unspecified atom stereocenters. The van der Waals surface area contributed by atoms with Crippen molar-refractivity contribution in [3.63, 3.8) is 0 Å². The highest BCUT2D eigenvalue weighted by Crippen LogP contribution is 2.23. The second-order valence-electron chi connectivity index (χ2n) is 3.89. The highest BCUT2D eigenvalue weighted by molar-refractivity contribution is 5.71. The standard InChI is InChI=1S/C11H18N2O2/c1-15-11(14)9-13(8-4-7-12)10-5-2-3-6-10/h10H,2-6,8-9H2,1H3. The molecule has 0 spiro atoms. The van der Waals surface area contributed by atoms with Gasteiger partial charge in [0, 0.05) is 19.0 Å². The summed E-state index contributed by atoms with van der Waals surface area (Å²) in [5.74, 6) is -0.208. The molecule has 0 aromatic carbocycles. The third-order valence-electron chi connectivity index (χ3n) is 2.91. The summed E-state index contributed by atoms with van der Waals surface area (Å²) in [6.07, 6.45) is 5.22. The lowest BCUT2D eigenvalue weighted by Crippen LogP contribution is -2.38. The van der Waals surface area contributed by atoms with E-state index >= 15 is 0 Å². The molecule has 1 saturated carbocycles. The Balaban J connectivity index is 2.44. The molecule has 0 aromatic rings. The Bertz CT molecular complexity index is 241. The third-order valence-corrected chi connectivity index (χ3v) is 2.91. The molecule has 1 aliphatic rings. The second-order valence-corrected chi connectivity index (χ2v) is 3.89. The van der Waals surface area contributed by atoms with E-state index in [1.807, 2.05) is 0 Å². The number of carbonyl (C=O) groups is 1. The number of nitriles is 1. The van der Waals surface area contributed by atoms with Gasteiger partial charge >= 0.3 is 5.97 Å². The fourth-order valence-corrected chi connectivity index (χ4v) is 2.08. The first kappa shape index (κ1) is 12.0. The first-order valence-electron chi connectivity index (χ1n) is 5.45. The maximum absolute atomic E-state index is 11.2. The topological polar surface area (TPSA) is 53.3 Å². The number of methoxy groups -OCH3 is 1. The van der Waals surface area contributed by atoms with E-state index in [1.165, 1.54) is 20.0 Å². The molecule has 0 aliphatic heterocycles. The zero-order valence-electron chi connectivity index (χ0n) is 9.24. The van der Waals surface area contributed by atoms with Gasteiger partial charge in [-0.1, -0.05) is 12.8 Å². The summed E-state index contributed by atoms with van der Waals surface area (Å²) in [6.45, 7) is 0.999. The van der Waals surface area contributed by atoms with Crippen molar-refractivity contribution in [2.75, 3.05) is 20.2 Å². The van der Waals surface area contributed by atoms with Gasteiger partial charge in [0.2, 0.25) is 0 Å². The number of carbonyl (C=O) groups excluding carboxylic acids is 1. The normalized spacial score (nSPS) is 16.6. The maximum atomic E-state index is 11.2. The minimum atomic E-state index is -0.208. The average Bonchev–Trinajstić information content (AvgIpc) is 2.77. The van der Waals surface area contributed by atoms with Gasteiger partial charge in [-0.2, -0.15) is 5.26 Å². The molecule has 1 rings (SSSR count). The summed E-state index contributed by atoms with van der Waals surface area (Å²) in [7, 11) is 1.40. The van der Waals surface area contributed by atoms with E-state index in [1.54, 1.807) is 0 Å². The molecule has 1 aliphatic carbocycles. The van der Waals surface area contributed by atoms with Crippen LogP contribution in [0.15, 0.2) is 0 Å². The zero-order valence-corrected chi connectivity index (χ0v) is 9.24. The Labute approximate surface area is 90.8 Å². The fraction of sp³-hybridized carbons (Fsp3) is 0.818. The van der Waals surface area contributed by atoms with Crippen LogP contribution in [0.25, 0.3) is 0 Å². The number of hydrogen-bond donors (Lipinski definition) is 0. The van der Waals surface area contributed by atoms with Crippen molar-refractivity contribution >= 4 is 5.97 Å². The molecule has 0 heterocycles. The average molecular weight is 210 g/mol. The molecule has 4 nitrogen and oxygen atoms in total. The number of rotatable bonds is 5. The van der Waals surface area contributed by atoms with Crippen LogP contribution in [0.3, 0.4) is 0 Å². The van der Waals surface area contributed by atoms with Gasteiger partial charge in [0.1, 0.15) is 0 Å². The fourth-order valence-electron chi connectivity index (χ4n) is 2.08. The molecule has 4 heteroatoms. The summed E-state index contributed by atoms with van der Waals surface area (Å²) in [5, 5.41) is 8.56. The van der Waals surface area contributed by atoms with Crippen LogP contribution < -0.4 is 0 Å². The number of hydrogen-bond acceptors (Lipinski definition) is 4. The van der Waals surface area contributed by atoms with Crippen molar-refractivity contribution in [3.05, 3.63) is 0 Å². The molecular weight excluding hydrogens is 192 g/mol. The van der Waals surface area contributed by atoms with Gasteiger partial charge in [0.05, 0.1) is 19.7 Å². The molecule has 0 bridgehead atoms. The molecule has 0 atom stereocenters. The molecule has 0 N–H and O–H groups in total. The maximum Gasteiger partial charge on any atom is 0.319 e. The minimum Gasteiger partial charge on any atom is -0.468 e. The van der Waals surface area contributed by atoms with Gasteiger partial charge in [-0.05, 0) is 12.8 Å². The minimum absolute atomic E-state index is 0.208. The first-order chi connectivity index (χ1) is 7.27. The van der Waals surface area contributed by atoms with Gasteiger partial charge in [-0.15, -0.1) is 0 Å². The van der Waals surface area contributed by atoms with E-state index in [9.17, 15) is 4.79 Å². The molecule has 0 saturated heterocycles. The summed E-state index contributed by atoms with van der Waals surface area (Å²) in [4.78, 5) is 13.3. The van der Waals surface area contributed by atoms with E-state index in [0.717, 1.165) is 12.8 Å². The lowest BCUT2D eigenvalue weighted by Gasteiger charge is -2.26. The molecule has 0 aromatic heterocycles. The van der Waals surface area contributed by atoms with Crippen LogP contribution in [-0.2, 0) is 9.53 Å². The van der Waals surface area contributed by atoms with E-state index in [-0.39, 0.29) is 5.97 Å². The smallest absolute Gasteiger partial charge is 0.319 e. The molecule has 15 heavy (non-hydrogen) atoms. The monoisotopic (exact) mass is 210 g/mol. The van der Waals surface area contributed by atoms with E-state index in [4.69, 9.17) is 5.26 Å². The first-order valence-corrected chi connectivity index (χ1v) is 5.45. The zero-order chi connectivity index (χ0) is 11.1. The van der Waals surface area contributed by atoms with Gasteiger partial charge in [0.25, 0.3) is 0 Å². The van der Waals surface area contributed by atoms with Gasteiger partial charge in [-0.25, -0.2) is 0 Å². The van der Waals surface area contributed by atoms with Crippen LogP contribution in [0.5, 0.6) is 0 Å². The molecule has 0 radical (unpaired) electrons. The van der Waals surface area contributed by atoms with Crippen molar-refractivity contribution in [2.24, 2.45) is 0 Å². The second kappa shape index (κ2) is 6.41. The molecule has 84 valence electrons. The SMILES string of the molecule is COC(=O)CN(CCC#N)C1CCCC1. The van der Waals surface area contributed by atoms with Crippen LogP contribution in [0.4, 0.5) is 0 Å². The summed E-state index contributed by atoms with van der Waals surface area (Å²) in [6, 6.07) is 2.59. The molecule has 0 amide bonds.